The van der Waals surface area contributed by atoms with Crippen molar-refractivity contribution < 1.29 is 4.74 Å². The third kappa shape index (κ3) is 3.61. The lowest BCUT2D eigenvalue weighted by Gasteiger charge is -2.24. The molecule has 0 aromatic carbocycles. The summed E-state index contributed by atoms with van der Waals surface area (Å²) in [6, 6.07) is 6.31. The molecule has 0 aliphatic carbocycles. The van der Waals surface area contributed by atoms with E-state index in [4.69, 9.17) is 10.5 Å². The number of imidazole rings is 1. The molecule has 8 nitrogen and oxygen atoms in total. The zero-order chi connectivity index (χ0) is 17.9. The molecule has 0 radical (unpaired) electrons. The molecule has 136 valence electrons. The standard InChI is InChI=1S/C18H23N7O/c1-26-16-8-15(11-25-6-4-17(19)22-25)24(12-16)10-14-2-3-18(21-9-14)23-7-5-20-13-23/h2-7,9,13,15-16H,8,10-12H2,1H3,(H2,19,22)/t15-,16+/m0/s1. The van der Waals surface area contributed by atoms with Crippen LogP contribution in [0.3, 0.4) is 0 Å². The van der Waals surface area contributed by atoms with Crippen LogP contribution in [0.1, 0.15) is 12.0 Å². The number of nitrogens with two attached hydrogens (primary N) is 1. The SMILES string of the molecule is CO[C@@H]1C[C@@H](Cn2ccc(N)n2)N(Cc2ccc(-n3ccnc3)nc2)C1. The molecule has 0 unspecified atom stereocenters. The fourth-order valence-corrected chi connectivity index (χ4v) is 3.48. The van der Waals surface area contributed by atoms with Gasteiger partial charge in [0, 0.05) is 51.0 Å². The second-order valence-electron chi connectivity index (χ2n) is 6.63. The van der Waals surface area contributed by atoms with Crippen LogP contribution in [0, 0.1) is 0 Å². The number of nitrogens with zero attached hydrogens (tertiary/aromatic N) is 6. The monoisotopic (exact) mass is 353 g/mol. The number of hydrogen-bond donors (Lipinski definition) is 1. The average Bonchev–Trinajstić information content (AvgIpc) is 3.38. The third-order valence-corrected chi connectivity index (χ3v) is 4.85. The first-order chi connectivity index (χ1) is 12.7. The first-order valence-electron chi connectivity index (χ1n) is 8.70. The summed E-state index contributed by atoms with van der Waals surface area (Å²) in [5, 5.41) is 4.31. The van der Waals surface area contributed by atoms with Crippen LogP contribution in [0.25, 0.3) is 5.82 Å². The minimum Gasteiger partial charge on any atom is -0.382 e. The number of pyridine rings is 1. The van der Waals surface area contributed by atoms with Crippen molar-refractivity contribution in [2.45, 2.75) is 31.7 Å². The van der Waals surface area contributed by atoms with E-state index in [0.29, 0.717) is 11.9 Å². The van der Waals surface area contributed by atoms with Crippen LogP contribution in [0.4, 0.5) is 5.82 Å². The molecule has 2 atom stereocenters. The maximum atomic E-state index is 5.73. The van der Waals surface area contributed by atoms with E-state index in [1.807, 2.05) is 40.0 Å². The summed E-state index contributed by atoms with van der Waals surface area (Å²) >= 11 is 0. The molecule has 3 aromatic rings. The summed E-state index contributed by atoms with van der Waals surface area (Å²) in [5.74, 6) is 1.42. The Labute approximate surface area is 152 Å². The maximum absolute atomic E-state index is 5.73. The van der Waals surface area contributed by atoms with Crippen molar-refractivity contribution in [3.05, 3.63) is 54.9 Å². The van der Waals surface area contributed by atoms with Crippen LogP contribution in [-0.2, 0) is 17.8 Å². The van der Waals surface area contributed by atoms with Gasteiger partial charge in [0.25, 0.3) is 0 Å². The van der Waals surface area contributed by atoms with Crippen molar-refractivity contribution in [3.63, 3.8) is 0 Å². The number of likely N-dealkylation sites (tertiary alicyclic amines) is 1. The first-order valence-corrected chi connectivity index (χ1v) is 8.70. The smallest absolute Gasteiger partial charge is 0.145 e. The summed E-state index contributed by atoms with van der Waals surface area (Å²) in [7, 11) is 1.78. The van der Waals surface area contributed by atoms with Gasteiger partial charge in [0.05, 0.1) is 12.6 Å². The van der Waals surface area contributed by atoms with Crippen molar-refractivity contribution in [1.82, 2.24) is 29.2 Å². The fourth-order valence-electron chi connectivity index (χ4n) is 3.48. The molecule has 4 heterocycles. The summed E-state index contributed by atoms with van der Waals surface area (Å²) in [6.07, 6.45) is 10.5. The summed E-state index contributed by atoms with van der Waals surface area (Å²) in [4.78, 5) is 11.0. The Hall–Kier alpha value is -2.71. The largest absolute Gasteiger partial charge is 0.382 e. The molecule has 3 aromatic heterocycles. The molecule has 26 heavy (non-hydrogen) atoms. The zero-order valence-electron chi connectivity index (χ0n) is 14.8. The summed E-state index contributed by atoms with van der Waals surface area (Å²) in [5.41, 5.74) is 6.91. The molecule has 8 heteroatoms. The molecule has 1 aliphatic rings. The highest BCUT2D eigenvalue weighted by molar-refractivity contribution is 5.25. The number of ether oxygens (including phenoxy) is 1. The van der Waals surface area contributed by atoms with Crippen molar-refractivity contribution >= 4 is 5.82 Å². The fraction of sp³-hybridized carbons (Fsp3) is 0.389. The topological polar surface area (TPSA) is 87.0 Å². The van der Waals surface area contributed by atoms with Gasteiger partial charge >= 0.3 is 0 Å². The molecular weight excluding hydrogens is 330 g/mol. The Morgan fingerprint density at radius 1 is 1.27 bits per heavy atom. The van der Waals surface area contributed by atoms with E-state index in [0.717, 1.165) is 31.9 Å². The Morgan fingerprint density at radius 3 is 2.85 bits per heavy atom. The molecule has 2 N–H and O–H groups in total. The van der Waals surface area contributed by atoms with Crippen LogP contribution >= 0.6 is 0 Å². The maximum Gasteiger partial charge on any atom is 0.145 e. The molecule has 1 saturated heterocycles. The highest BCUT2D eigenvalue weighted by Gasteiger charge is 2.32. The zero-order valence-corrected chi connectivity index (χ0v) is 14.8. The lowest BCUT2D eigenvalue weighted by atomic mass is 10.2. The van der Waals surface area contributed by atoms with Gasteiger partial charge < -0.3 is 10.5 Å². The number of aromatic nitrogens is 5. The second kappa shape index (κ2) is 7.27. The summed E-state index contributed by atoms with van der Waals surface area (Å²) < 4.78 is 9.40. The molecule has 0 spiro atoms. The van der Waals surface area contributed by atoms with E-state index in [2.05, 4.69) is 26.0 Å². The molecule has 1 fully saturated rings. The highest BCUT2D eigenvalue weighted by atomic mass is 16.5. The number of hydrogen-bond acceptors (Lipinski definition) is 6. The van der Waals surface area contributed by atoms with Gasteiger partial charge in [-0.2, -0.15) is 5.10 Å². The van der Waals surface area contributed by atoms with Crippen LogP contribution in [0.15, 0.2) is 49.3 Å². The van der Waals surface area contributed by atoms with Gasteiger partial charge in [-0.25, -0.2) is 9.97 Å². The van der Waals surface area contributed by atoms with Gasteiger partial charge in [0.2, 0.25) is 0 Å². The van der Waals surface area contributed by atoms with Gasteiger partial charge in [-0.1, -0.05) is 6.07 Å². The molecule has 0 bridgehead atoms. The van der Waals surface area contributed by atoms with Crippen molar-refractivity contribution in [1.29, 1.82) is 0 Å². The van der Waals surface area contributed by atoms with E-state index in [1.54, 1.807) is 19.6 Å². The molecular formula is C18H23N7O. The Kier molecular flexibility index (Phi) is 4.68. The van der Waals surface area contributed by atoms with Gasteiger partial charge in [0.1, 0.15) is 18.0 Å². The van der Waals surface area contributed by atoms with Gasteiger partial charge in [-0.15, -0.1) is 0 Å². The minimum atomic E-state index is 0.242. The van der Waals surface area contributed by atoms with Crippen molar-refractivity contribution in [3.8, 4) is 5.82 Å². The second-order valence-corrected chi connectivity index (χ2v) is 6.63. The molecule has 1 aliphatic heterocycles. The van der Waals surface area contributed by atoms with E-state index >= 15 is 0 Å². The van der Waals surface area contributed by atoms with Crippen LogP contribution in [0.5, 0.6) is 0 Å². The number of methoxy groups -OCH3 is 1. The number of nitrogen functional groups attached to an aromatic ring is 1. The van der Waals surface area contributed by atoms with E-state index in [-0.39, 0.29) is 6.10 Å². The third-order valence-electron chi connectivity index (χ3n) is 4.85. The summed E-state index contributed by atoms with van der Waals surface area (Å²) in [6.45, 7) is 2.54. The van der Waals surface area contributed by atoms with E-state index in [1.165, 1.54) is 5.56 Å². The van der Waals surface area contributed by atoms with Gasteiger partial charge in [-0.3, -0.25) is 14.1 Å². The first kappa shape index (κ1) is 16.7. The number of anilines is 1. The van der Waals surface area contributed by atoms with E-state index < -0.39 is 0 Å². The van der Waals surface area contributed by atoms with Gasteiger partial charge in [0.15, 0.2) is 0 Å². The lowest BCUT2D eigenvalue weighted by Crippen LogP contribution is -2.33. The Morgan fingerprint density at radius 2 is 2.19 bits per heavy atom. The number of rotatable bonds is 6. The van der Waals surface area contributed by atoms with Crippen molar-refractivity contribution in [2.24, 2.45) is 0 Å². The quantitative estimate of drug-likeness (QED) is 0.719. The minimum absolute atomic E-state index is 0.242. The van der Waals surface area contributed by atoms with Crippen molar-refractivity contribution in [2.75, 3.05) is 19.4 Å². The lowest BCUT2D eigenvalue weighted by molar-refractivity contribution is 0.107. The van der Waals surface area contributed by atoms with Crippen LogP contribution < -0.4 is 5.73 Å². The average molecular weight is 353 g/mol. The Balaban J connectivity index is 1.45. The highest BCUT2D eigenvalue weighted by Crippen LogP contribution is 2.24. The van der Waals surface area contributed by atoms with Gasteiger partial charge in [-0.05, 0) is 24.1 Å². The van der Waals surface area contributed by atoms with E-state index in [9.17, 15) is 0 Å². The van der Waals surface area contributed by atoms with Crippen LogP contribution in [0.2, 0.25) is 0 Å². The Bertz CT molecular complexity index is 828. The normalized spacial score (nSPS) is 20.7. The molecule has 0 saturated carbocycles. The predicted octanol–water partition coefficient (Wildman–Crippen LogP) is 1.34. The molecule has 0 amide bonds. The molecule has 4 rings (SSSR count). The predicted molar refractivity (Wildman–Crippen MR) is 97.6 cm³/mol. The van der Waals surface area contributed by atoms with Crippen LogP contribution in [-0.4, -0.2) is 55.0 Å².